The number of hydrogen-bond acceptors (Lipinski definition) is 5. The fourth-order valence-electron chi connectivity index (χ4n) is 2.94. The minimum absolute atomic E-state index is 0.235. The Morgan fingerprint density at radius 2 is 1.76 bits per heavy atom. The van der Waals surface area contributed by atoms with Crippen LogP contribution in [0.25, 0.3) is 0 Å². The van der Waals surface area contributed by atoms with Gasteiger partial charge in [-0.3, -0.25) is 9.59 Å². The van der Waals surface area contributed by atoms with Crippen molar-refractivity contribution < 1.29 is 24.2 Å². The highest BCUT2D eigenvalue weighted by atomic mass is 16.5. The molecular weight excluding hydrogens is 320 g/mol. The van der Waals surface area contributed by atoms with E-state index in [1.165, 1.54) is 26.4 Å². The van der Waals surface area contributed by atoms with Crippen LogP contribution in [0.3, 0.4) is 0 Å². The number of hydrogen-bond donors (Lipinski definition) is 1. The minimum atomic E-state index is -0.354. The second-order valence-electron chi connectivity index (χ2n) is 6.49. The third-order valence-electron chi connectivity index (χ3n) is 4.48. The third-order valence-corrected chi connectivity index (χ3v) is 4.48. The van der Waals surface area contributed by atoms with Gasteiger partial charge in [-0.15, -0.1) is 0 Å². The lowest BCUT2D eigenvalue weighted by Crippen LogP contribution is -2.20. The summed E-state index contributed by atoms with van der Waals surface area (Å²) in [5.74, 6) is -0.0831. The van der Waals surface area contributed by atoms with E-state index in [-0.39, 0.29) is 18.0 Å². The van der Waals surface area contributed by atoms with Crippen molar-refractivity contribution in [3.63, 3.8) is 0 Å². The van der Waals surface area contributed by atoms with Crippen molar-refractivity contribution in [2.24, 2.45) is 5.92 Å². The Hall–Kier alpha value is -1.62. The number of carbonyl (C=O) groups is 2. The van der Waals surface area contributed by atoms with Crippen molar-refractivity contribution in [3.05, 3.63) is 24.3 Å². The summed E-state index contributed by atoms with van der Waals surface area (Å²) in [5.41, 5.74) is 0. The van der Waals surface area contributed by atoms with E-state index >= 15 is 0 Å². The number of methoxy groups -OCH3 is 1. The maximum atomic E-state index is 11.5. The van der Waals surface area contributed by atoms with E-state index in [0.717, 1.165) is 12.8 Å². The van der Waals surface area contributed by atoms with Gasteiger partial charge in [-0.2, -0.15) is 0 Å². The van der Waals surface area contributed by atoms with Crippen molar-refractivity contribution in [2.75, 3.05) is 13.7 Å². The Morgan fingerprint density at radius 3 is 2.44 bits per heavy atom. The maximum Gasteiger partial charge on any atom is 0.305 e. The van der Waals surface area contributed by atoms with Crippen LogP contribution in [0.5, 0.6) is 0 Å². The van der Waals surface area contributed by atoms with E-state index in [1.807, 2.05) is 24.3 Å². The average molecular weight is 352 g/mol. The van der Waals surface area contributed by atoms with Gasteiger partial charge in [-0.25, -0.2) is 0 Å². The molecule has 1 N–H and O–H groups in total. The van der Waals surface area contributed by atoms with Gasteiger partial charge in [0.15, 0.2) is 0 Å². The Bertz CT molecular complexity index is 435. The summed E-state index contributed by atoms with van der Waals surface area (Å²) in [6.07, 6.45) is 15.7. The van der Waals surface area contributed by atoms with Crippen molar-refractivity contribution >= 4 is 11.9 Å². The summed E-state index contributed by atoms with van der Waals surface area (Å²) in [6, 6.07) is 0. The number of allylic oxidation sites excluding steroid dienone is 2. The van der Waals surface area contributed by atoms with Gasteiger partial charge in [0.25, 0.3) is 0 Å². The maximum absolute atomic E-state index is 11.5. The first-order chi connectivity index (χ1) is 12.1. The number of aliphatic hydroxyl groups excluding tert-OH is 1. The molecule has 142 valence electrons. The summed E-state index contributed by atoms with van der Waals surface area (Å²) in [6.45, 7) is 0.353. The number of aliphatic hydroxyl groups is 1. The molecule has 0 aromatic carbocycles. The predicted octanol–water partition coefficient (Wildman–Crippen LogP) is 3.71. The fraction of sp³-hybridized carbons (Fsp3) is 0.700. The van der Waals surface area contributed by atoms with Gasteiger partial charge in [0.2, 0.25) is 0 Å². The lowest BCUT2D eigenvalue weighted by atomic mass is 9.85. The van der Waals surface area contributed by atoms with Gasteiger partial charge in [0.05, 0.1) is 19.8 Å². The highest BCUT2D eigenvalue weighted by molar-refractivity contribution is 5.70. The van der Waals surface area contributed by atoms with Gasteiger partial charge in [0, 0.05) is 12.8 Å². The van der Waals surface area contributed by atoms with Gasteiger partial charge in [-0.05, 0) is 38.0 Å². The van der Waals surface area contributed by atoms with Gasteiger partial charge in [-0.1, -0.05) is 43.6 Å². The van der Waals surface area contributed by atoms with Crippen LogP contribution in [0, 0.1) is 5.92 Å². The molecule has 0 spiro atoms. The van der Waals surface area contributed by atoms with E-state index in [4.69, 9.17) is 4.74 Å². The highest BCUT2D eigenvalue weighted by Gasteiger charge is 2.18. The van der Waals surface area contributed by atoms with Crippen molar-refractivity contribution in [2.45, 2.75) is 70.3 Å². The second kappa shape index (κ2) is 13.6. The second-order valence-corrected chi connectivity index (χ2v) is 6.49. The van der Waals surface area contributed by atoms with Crippen LogP contribution in [0.15, 0.2) is 24.3 Å². The van der Waals surface area contributed by atoms with E-state index in [1.54, 1.807) is 0 Å². The number of carbonyl (C=O) groups excluding carboxylic acids is 2. The van der Waals surface area contributed by atoms with Crippen LogP contribution in [-0.2, 0) is 19.1 Å². The molecule has 0 aliphatic heterocycles. The Kier molecular flexibility index (Phi) is 11.7. The van der Waals surface area contributed by atoms with E-state index in [0.29, 0.717) is 44.6 Å². The molecular formula is C20H32O5. The van der Waals surface area contributed by atoms with Crippen LogP contribution >= 0.6 is 0 Å². The molecule has 0 saturated heterocycles. The Balaban J connectivity index is 2.02. The van der Waals surface area contributed by atoms with Crippen molar-refractivity contribution in [1.82, 2.24) is 0 Å². The highest BCUT2D eigenvalue weighted by Crippen LogP contribution is 2.26. The molecule has 1 saturated carbocycles. The molecule has 0 amide bonds. The smallest absolute Gasteiger partial charge is 0.305 e. The lowest BCUT2D eigenvalue weighted by molar-refractivity contribution is -0.144. The summed E-state index contributed by atoms with van der Waals surface area (Å²) >= 11 is 0. The summed E-state index contributed by atoms with van der Waals surface area (Å²) in [5, 5.41) is 10.1. The summed E-state index contributed by atoms with van der Waals surface area (Å²) in [7, 11) is 1.36. The topological polar surface area (TPSA) is 72.8 Å². The number of unbranched alkanes of at least 4 members (excludes halogenated alkanes) is 1. The van der Waals surface area contributed by atoms with E-state index in [2.05, 4.69) is 4.74 Å². The van der Waals surface area contributed by atoms with Gasteiger partial charge < -0.3 is 14.6 Å². The van der Waals surface area contributed by atoms with Gasteiger partial charge in [0.1, 0.15) is 0 Å². The van der Waals surface area contributed by atoms with Crippen molar-refractivity contribution in [1.29, 1.82) is 0 Å². The number of rotatable bonds is 11. The quantitative estimate of drug-likeness (QED) is 0.349. The SMILES string of the molecule is COC(=O)CCCCC(=O)OCC/C=C\C=C\[C@@H](O)C1CCCCC1. The molecule has 1 atom stereocenters. The molecule has 5 nitrogen and oxygen atoms in total. The first-order valence-corrected chi connectivity index (χ1v) is 9.37. The molecule has 0 unspecified atom stereocenters. The van der Waals surface area contributed by atoms with Crippen LogP contribution in [0.1, 0.15) is 64.2 Å². The molecule has 1 aliphatic carbocycles. The summed E-state index contributed by atoms with van der Waals surface area (Å²) < 4.78 is 9.65. The molecule has 25 heavy (non-hydrogen) atoms. The number of ether oxygens (including phenoxy) is 2. The third kappa shape index (κ3) is 10.8. The largest absolute Gasteiger partial charge is 0.469 e. The molecule has 5 heteroatoms. The first-order valence-electron chi connectivity index (χ1n) is 9.37. The zero-order chi connectivity index (χ0) is 18.3. The summed E-state index contributed by atoms with van der Waals surface area (Å²) in [4.78, 5) is 22.4. The minimum Gasteiger partial charge on any atom is -0.469 e. The molecule has 0 aromatic heterocycles. The fourth-order valence-corrected chi connectivity index (χ4v) is 2.94. The molecule has 1 aliphatic rings. The Morgan fingerprint density at radius 1 is 1.08 bits per heavy atom. The standard InChI is InChI=1S/C20H32O5/c1-24-19(22)14-8-9-15-20(23)25-16-10-3-2-7-13-18(21)17-11-5-4-6-12-17/h2-3,7,13,17-18,21H,4-6,8-12,14-16H2,1H3/b3-2-,13-7+/t18-/m1/s1. The zero-order valence-electron chi connectivity index (χ0n) is 15.3. The molecule has 1 rings (SSSR count). The molecule has 0 radical (unpaired) electrons. The van der Waals surface area contributed by atoms with Crippen molar-refractivity contribution in [3.8, 4) is 0 Å². The Labute approximate surface area is 151 Å². The van der Waals surface area contributed by atoms with Crippen LogP contribution < -0.4 is 0 Å². The van der Waals surface area contributed by atoms with Crippen LogP contribution in [-0.4, -0.2) is 36.9 Å². The van der Waals surface area contributed by atoms with E-state index in [9.17, 15) is 14.7 Å². The lowest BCUT2D eigenvalue weighted by Gasteiger charge is -2.24. The molecule has 0 heterocycles. The van der Waals surface area contributed by atoms with Crippen LogP contribution in [0.2, 0.25) is 0 Å². The predicted molar refractivity (Wildman–Crippen MR) is 96.9 cm³/mol. The van der Waals surface area contributed by atoms with Crippen LogP contribution in [0.4, 0.5) is 0 Å². The zero-order valence-corrected chi connectivity index (χ0v) is 15.3. The van der Waals surface area contributed by atoms with E-state index < -0.39 is 0 Å². The molecule has 0 bridgehead atoms. The molecule has 0 aromatic rings. The average Bonchev–Trinajstić information content (AvgIpc) is 2.64. The molecule has 1 fully saturated rings. The van der Waals surface area contributed by atoms with Gasteiger partial charge >= 0.3 is 11.9 Å². The monoisotopic (exact) mass is 352 g/mol. The normalized spacial score (nSPS) is 17.0. The number of esters is 2. The first kappa shape index (κ1) is 21.4.